The Hall–Kier alpha value is -2.30. The molecule has 0 spiro atoms. The van der Waals surface area contributed by atoms with Crippen molar-refractivity contribution in [1.29, 1.82) is 0 Å². The van der Waals surface area contributed by atoms with Gasteiger partial charge in [0.2, 0.25) is 0 Å². The van der Waals surface area contributed by atoms with Crippen molar-refractivity contribution in [3.8, 4) is 12.8 Å². The molecule has 1 aliphatic rings. The molecule has 0 radical (unpaired) electrons. The van der Waals surface area contributed by atoms with Gasteiger partial charge in [-0.2, -0.15) is 0 Å². The van der Waals surface area contributed by atoms with Gasteiger partial charge in [-0.1, -0.05) is 31.3 Å². The van der Waals surface area contributed by atoms with Crippen molar-refractivity contribution < 1.29 is 18.7 Å². The minimum Gasteiger partial charge on any atom is -0.504 e. The maximum Gasteiger partial charge on any atom is 0.164 e. The van der Waals surface area contributed by atoms with E-state index in [1.807, 2.05) is 27.7 Å². The summed E-state index contributed by atoms with van der Waals surface area (Å²) in [4.78, 5) is 17.2. The Balaban J connectivity index is -0.000000303. The van der Waals surface area contributed by atoms with Gasteiger partial charge in [-0.15, -0.1) is 12.8 Å². The second-order valence-corrected chi connectivity index (χ2v) is 7.85. The van der Waals surface area contributed by atoms with Crippen molar-refractivity contribution in [3.05, 3.63) is 41.3 Å². The van der Waals surface area contributed by atoms with E-state index in [9.17, 15) is 9.18 Å². The van der Waals surface area contributed by atoms with Crippen LogP contribution in [-0.2, 0) is 14.3 Å². The van der Waals surface area contributed by atoms with Crippen LogP contribution >= 0.6 is 11.8 Å². The molecule has 1 aliphatic heterocycles. The number of hydrogen-bond donors (Lipinski definition) is 1. The summed E-state index contributed by atoms with van der Waals surface area (Å²) < 4.78 is 24.0. The van der Waals surface area contributed by atoms with Crippen LogP contribution in [0.15, 0.2) is 46.3 Å². The van der Waals surface area contributed by atoms with E-state index in [-0.39, 0.29) is 11.8 Å². The minimum absolute atomic E-state index is 0.00981. The van der Waals surface area contributed by atoms with Crippen LogP contribution in [0.1, 0.15) is 54.4 Å². The van der Waals surface area contributed by atoms with Crippen molar-refractivity contribution in [1.82, 2.24) is 4.90 Å². The van der Waals surface area contributed by atoms with Gasteiger partial charge < -0.3 is 24.9 Å². The number of carbonyl (C=O) groups is 1. The average molecular weight is 514 g/mol. The zero-order valence-corrected chi connectivity index (χ0v) is 24.2. The number of nitrogens with two attached hydrogens (primary N) is 1. The fourth-order valence-corrected chi connectivity index (χ4v) is 3.14. The molecule has 1 heterocycles. The highest BCUT2D eigenvalue weighted by molar-refractivity contribution is 8.14. The lowest BCUT2D eigenvalue weighted by Gasteiger charge is -2.12. The Morgan fingerprint density at radius 2 is 1.89 bits per heavy atom. The normalized spacial score (nSPS) is 15.3. The number of allylic oxidation sites excluding steroid dienone is 2. The summed E-state index contributed by atoms with van der Waals surface area (Å²) in [5.74, 6) is 0.0705. The summed E-state index contributed by atoms with van der Waals surface area (Å²) in [6.45, 7) is 13.0. The molecule has 1 rings (SSSR count). The van der Waals surface area contributed by atoms with Crippen molar-refractivity contribution in [2.75, 3.05) is 40.6 Å². The number of hydrogen-bond acceptors (Lipinski definition) is 7. The molecule has 1 atom stereocenters. The second-order valence-electron chi connectivity index (χ2n) is 6.85. The van der Waals surface area contributed by atoms with Crippen LogP contribution in [0.25, 0.3) is 0 Å². The topological polar surface area (TPSA) is 77.1 Å². The summed E-state index contributed by atoms with van der Waals surface area (Å²) in [5.41, 5.74) is 7.55. The number of terminal acetylenes is 1. The van der Waals surface area contributed by atoms with E-state index in [0.717, 1.165) is 12.3 Å². The van der Waals surface area contributed by atoms with Gasteiger partial charge in [0, 0.05) is 29.8 Å². The quantitative estimate of drug-likeness (QED) is 0.0845. The second kappa shape index (κ2) is 29.7. The van der Waals surface area contributed by atoms with Gasteiger partial charge in [0.15, 0.2) is 5.76 Å². The number of aliphatic imine (C=N–C) groups is 1. The van der Waals surface area contributed by atoms with E-state index in [4.69, 9.17) is 9.47 Å². The fraction of sp³-hybridized carbons (Fsp3) is 0.593. The average Bonchev–Trinajstić information content (AvgIpc) is 3.27. The fourth-order valence-electron chi connectivity index (χ4n) is 2.32. The van der Waals surface area contributed by atoms with Crippen LogP contribution in [0.4, 0.5) is 4.39 Å². The van der Waals surface area contributed by atoms with Gasteiger partial charge >= 0.3 is 0 Å². The smallest absolute Gasteiger partial charge is 0.164 e. The third kappa shape index (κ3) is 23.2. The molecule has 8 heteroatoms. The molecule has 1 fully saturated rings. The molecule has 0 aliphatic carbocycles. The van der Waals surface area contributed by atoms with E-state index in [0.29, 0.717) is 16.4 Å². The summed E-state index contributed by atoms with van der Waals surface area (Å²) in [7, 11) is 6.64. The van der Waals surface area contributed by atoms with E-state index in [2.05, 4.69) is 48.2 Å². The van der Waals surface area contributed by atoms with Crippen molar-refractivity contribution >= 4 is 23.1 Å². The highest BCUT2D eigenvalue weighted by Gasteiger charge is 2.14. The molecule has 0 aromatic heterocycles. The summed E-state index contributed by atoms with van der Waals surface area (Å²) >= 11 is 1.20. The van der Waals surface area contributed by atoms with Crippen LogP contribution in [0.5, 0.6) is 0 Å². The zero-order chi connectivity index (χ0) is 28.2. The molecule has 0 bridgehead atoms. The Labute approximate surface area is 218 Å². The van der Waals surface area contributed by atoms with Crippen LogP contribution in [0.2, 0.25) is 0 Å². The number of ether oxygens (including phenoxy) is 2. The van der Waals surface area contributed by atoms with Crippen LogP contribution < -0.4 is 5.73 Å². The molecule has 0 amide bonds. The Kier molecular flexibility index (Phi) is 33.9. The molecule has 6 nitrogen and oxygen atoms in total. The number of halogens is 1. The first-order chi connectivity index (χ1) is 16.8. The first kappa shape index (κ1) is 39.9. The number of rotatable bonds is 8. The Morgan fingerprint density at radius 1 is 1.31 bits per heavy atom. The van der Waals surface area contributed by atoms with E-state index < -0.39 is 5.83 Å². The number of aldehydes is 1. The van der Waals surface area contributed by atoms with Gasteiger partial charge in [-0.3, -0.25) is 4.99 Å². The maximum atomic E-state index is 14.2. The lowest BCUT2D eigenvalue weighted by molar-refractivity contribution is -0.105. The van der Waals surface area contributed by atoms with Gasteiger partial charge in [0.1, 0.15) is 12.1 Å². The summed E-state index contributed by atoms with van der Waals surface area (Å²) in [6, 6.07) is 0.857. The molecule has 202 valence electrons. The number of methoxy groups -OCH3 is 2. The van der Waals surface area contributed by atoms with E-state index in [1.54, 1.807) is 6.92 Å². The molecule has 2 N–H and O–H groups in total. The molecule has 35 heavy (non-hydrogen) atoms. The summed E-state index contributed by atoms with van der Waals surface area (Å²) in [5, 5.41) is 0.504. The van der Waals surface area contributed by atoms with Gasteiger partial charge in [-0.25, -0.2) is 4.39 Å². The first-order valence-corrected chi connectivity index (χ1v) is 12.6. The summed E-state index contributed by atoms with van der Waals surface area (Å²) in [6.07, 6.45) is 15.7. The molecule has 0 aromatic rings. The highest BCUT2D eigenvalue weighted by atomic mass is 32.2. The lowest BCUT2D eigenvalue weighted by atomic mass is 10.2. The van der Waals surface area contributed by atoms with Crippen LogP contribution in [-0.4, -0.2) is 68.9 Å². The third-order valence-electron chi connectivity index (χ3n) is 4.14. The molecular formula is C27H48FN3O3S. The van der Waals surface area contributed by atoms with Crippen molar-refractivity contribution in [2.45, 2.75) is 66.5 Å². The number of nitrogens with zero attached hydrogens (tertiary/aromatic N) is 2. The molecule has 0 aromatic carbocycles. The van der Waals surface area contributed by atoms with Gasteiger partial charge in [0.25, 0.3) is 0 Å². The monoisotopic (exact) mass is 513 g/mol. The number of thioether (sulfide) groups is 1. The zero-order valence-electron chi connectivity index (χ0n) is 23.4. The molecular weight excluding hydrogens is 465 g/mol. The van der Waals surface area contributed by atoms with Crippen LogP contribution in [0, 0.1) is 12.8 Å². The van der Waals surface area contributed by atoms with Gasteiger partial charge in [0.05, 0.1) is 31.3 Å². The number of likely N-dealkylation sites (tertiary alicyclic amines) is 1. The largest absolute Gasteiger partial charge is 0.504 e. The number of carbonyl (C=O) groups excluding carboxylic acids is 1. The Bertz CT molecular complexity index is 687. The van der Waals surface area contributed by atoms with Crippen molar-refractivity contribution in [3.63, 3.8) is 0 Å². The van der Waals surface area contributed by atoms with E-state index in [1.165, 1.54) is 70.8 Å². The Morgan fingerprint density at radius 3 is 2.23 bits per heavy atom. The first-order valence-electron chi connectivity index (χ1n) is 11.6. The van der Waals surface area contributed by atoms with Crippen LogP contribution in [0.3, 0.4) is 0 Å². The van der Waals surface area contributed by atoms with Crippen molar-refractivity contribution in [2.24, 2.45) is 10.7 Å². The molecule has 1 unspecified atom stereocenters. The lowest BCUT2D eigenvalue weighted by Crippen LogP contribution is -2.20. The van der Waals surface area contributed by atoms with E-state index >= 15 is 0 Å². The SMILES string of the molecule is C#C.CC.CC1CCCN1C.CN.CO/C=C/C(=C=C/C(F)=C(\C)C(=NC(C)C)SCC=O)OC. The predicted octanol–water partition coefficient (Wildman–Crippen LogP) is 5.77. The minimum atomic E-state index is -0.488. The predicted molar refractivity (Wildman–Crippen MR) is 152 cm³/mol. The molecule has 1 saturated heterocycles. The standard InChI is InChI=1S/C16H22FNO3S.C6H13N.C2H6.C2H2.CH5N/c1-12(2)18-16(22-11-9-19)13(3)15(17)7-6-14(21-5)8-10-20-4;1-6-4-3-5-7(6)2;3*1-2/h7-10,12H,11H2,1-5H3;6H,3-5H2,1-2H3;1-2H3;1-2H;2H2,1H3/b10-8+,15-13-,18-16?;;;;. The van der Waals surface area contributed by atoms with Gasteiger partial charge in [-0.05, 0) is 61.2 Å². The molecule has 0 saturated carbocycles. The highest BCUT2D eigenvalue weighted by Crippen LogP contribution is 2.18. The third-order valence-corrected chi connectivity index (χ3v) is 5.13. The maximum absolute atomic E-state index is 14.2.